The second kappa shape index (κ2) is 8.62. The van der Waals surface area contributed by atoms with Crippen LogP contribution >= 0.6 is 0 Å². The van der Waals surface area contributed by atoms with E-state index in [1.165, 1.54) is 0 Å². The summed E-state index contributed by atoms with van der Waals surface area (Å²) < 4.78 is 0. The van der Waals surface area contributed by atoms with E-state index in [4.69, 9.17) is 0 Å². The molecule has 104 valence electrons. The van der Waals surface area contributed by atoms with Crippen LogP contribution in [0.3, 0.4) is 0 Å². The molecule has 0 spiro atoms. The molecule has 2 aromatic carbocycles. The third-order valence-corrected chi connectivity index (χ3v) is 2.59. The summed E-state index contributed by atoms with van der Waals surface area (Å²) in [6, 6.07) is 14.9. The number of phenolic OH excluding ortho intramolecular Hbond substituents is 1. The summed E-state index contributed by atoms with van der Waals surface area (Å²) in [5, 5.41) is 18.9. The Balaban J connectivity index is 0.00000220. The Morgan fingerprint density at radius 3 is 1.81 bits per heavy atom. The van der Waals surface area contributed by atoms with Crippen LogP contribution in [-0.4, -0.2) is 53.8 Å². The molecule has 4 nitrogen and oxygen atoms in total. The van der Waals surface area contributed by atoms with Gasteiger partial charge < -0.3 is 5.11 Å². The average molecular weight is 291 g/mol. The van der Waals surface area contributed by atoms with Crippen molar-refractivity contribution in [2.75, 3.05) is 14.1 Å². The molecule has 0 fully saturated rings. The number of phenols is 1. The maximum absolute atomic E-state index is 9.22. The van der Waals surface area contributed by atoms with Crippen molar-refractivity contribution in [1.29, 1.82) is 0 Å². The van der Waals surface area contributed by atoms with Gasteiger partial charge in [-0.3, -0.25) is 5.01 Å². The summed E-state index contributed by atoms with van der Waals surface area (Å²) in [6.45, 7) is 0. The van der Waals surface area contributed by atoms with Crippen LogP contribution in [0.25, 0.3) is 12.2 Å². The van der Waals surface area contributed by atoms with Gasteiger partial charge in [0.05, 0.1) is 5.69 Å². The Kier molecular flexibility index (Phi) is 7.15. The minimum atomic E-state index is 0. The first kappa shape index (κ1) is 17.4. The van der Waals surface area contributed by atoms with Gasteiger partial charge in [-0.1, -0.05) is 41.6 Å². The van der Waals surface area contributed by atoms with Crippen molar-refractivity contribution in [3.63, 3.8) is 0 Å². The Morgan fingerprint density at radius 1 is 0.857 bits per heavy atom. The van der Waals surface area contributed by atoms with Crippen LogP contribution in [0.15, 0.2) is 58.9 Å². The van der Waals surface area contributed by atoms with Crippen LogP contribution in [-0.2, 0) is 0 Å². The van der Waals surface area contributed by atoms with Crippen molar-refractivity contribution in [2.45, 2.75) is 0 Å². The van der Waals surface area contributed by atoms with Crippen LogP contribution in [0.4, 0.5) is 5.69 Å². The van der Waals surface area contributed by atoms with Crippen molar-refractivity contribution < 1.29 is 5.11 Å². The van der Waals surface area contributed by atoms with E-state index < -0.39 is 0 Å². The minimum absolute atomic E-state index is 0. The summed E-state index contributed by atoms with van der Waals surface area (Å²) in [5.41, 5.74) is 2.95. The van der Waals surface area contributed by atoms with E-state index >= 15 is 0 Å². The molecule has 0 unspecified atom stereocenters. The van der Waals surface area contributed by atoms with Crippen molar-refractivity contribution in [1.82, 2.24) is 5.01 Å². The molecule has 0 aliphatic heterocycles. The molecule has 0 aromatic heterocycles. The molecule has 1 N–H and O–H groups in total. The Hall–Kier alpha value is -1.62. The Bertz CT molecular complexity index is 604. The Morgan fingerprint density at radius 2 is 1.33 bits per heavy atom. The second-order valence-electron chi connectivity index (χ2n) is 4.55. The first-order valence-corrected chi connectivity index (χ1v) is 6.30. The van der Waals surface area contributed by atoms with Gasteiger partial charge in [0.25, 0.3) is 0 Å². The SMILES string of the molecule is CN(C)/N=N\c1ccc(/C=C\c2ccc(O)cc2)cc1.[NaH]. The molecule has 0 aliphatic carbocycles. The third kappa shape index (κ3) is 6.12. The summed E-state index contributed by atoms with van der Waals surface area (Å²) in [6.07, 6.45) is 4.01. The molecule has 0 radical (unpaired) electrons. The summed E-state index contributed by atoms with van der Waals surface area (Å²) in [4.78, 5) is 0. The Labute approximate surface area is 147 Å². The van der Waals surface area contributed by atoms with Gasteiger partial charge in [-0.25, -0.2) is 0 Å². The molecule has 21 heavy (non-hydrogen) atoms. The first-order valence-electron chi connectivity index (χ1n) is 6.30. The fourth-order valence-electron chi connectivity index (χ4n) is 1.57. The quantitative estimate of drug-likeness (QED) is 0.406. The summed E-state index contributed by atoms with van der Waals surface area (Å²) in [7, 11) is 3.66. The number of aromatic hydroxyl groups is 1. The van der Waals surface area contributed by atoms with Crippen molar-refractivity contribution in [3.05, 3.63) is 59.7 Å². The number of hydrogen-bond donors (Lipinski definition) is 1. The third-order valence-electron chi connectivity index (χ3n) is 2.59. The van der Waals surface area contributed by atoms with E-state index in [1.54, 1.807) is 17.1 Å². The zero-order chi connectivity index (χ0) is 14.4. The topological polar surface area (TPSA) is 48.2 Å². The van der Waals surface area contributed by atoms with Crippen molar-refractivity contribution in [3.8, 4) is 5.75 Å². The normalized spacial score (nSPS) is 10.8. The van der Waals surface area contributed by atoms with Crippen molar-refractivity contribution >= 4 is 47.4 Å². The van der Waals surface area contributed by atoms with Crippen LogP contribution < -0.4 is 0 Å². The van der Waals surface area contributed by atoms with Crippen LogP contribution in [0.2, 0.25) is 0 Å². The van der Waals surface area contributed by atoms with Gasteiger partial charge in [0.2, 0.25) is 0 Å². The van der Waals surface area contributed by atoms with Gasteiger partial charge in [-0.15, -0.1) is 5.11 Å². The van der Waals surface area contributed by atoms with E-state index in [2.05, 4.69) is 10.3 Å². The zero-order valence-corrected chi connectivity index (χ0v) is 11.6. The second-order valence-corrected chi connectivity index (χ2v) is 4.55. The van der Waals surface area contributed by atoms with Crippen LogP contribution in [0, 0.1) is 0 Å². The van der Waals surface area contributed by atoms with Gasteiger partial charge in [-0.05, 0) is 35.4 Å². The molecule has 0 amide bonds. The van der Waals surface area contributed by atoms with Crippen LogP contribution in [0.1, 0.15) is 11.1 Å². The number of hydrogen-bond acceptors (Lipinski definition) is 3. The number of nitrogens with zero attached hydrogens (tertiary/aromatic N) is 3. The predicted octanol–water partition coefficient (Wildman–Crippen LogP) is 3.47. The van der Waals surface area contributed by atoms with E-state index in [-0.39, 0.29) is 35.3 Å². The molecule has 0 aliphatic rings. The van der Waals surface area contributed by atoms with Gasteiger partial charge >= 0.3 is 29.6 Å². The molecular formula is C16H18N3NaO. The fraction of sp³-hybridized carbons (Fsp3) is 0.125. The van der Waals surface area contributed by atoms with Gasteiger partial charge in [0.1, 0.15) is 5.75 Å². The fourth-order valence-corrected chi connectivity index (χ4v) is 1.57. The van der Waals surface area contributed by atoms with E-state index in [0.29, 0.717) is 0 Å². The first-order chi connectivity index (χ1) is 9.63. The average Bonchev–Trinajstić information content (AvgIpc) is 2.45. The van der Waals surface area contributed by atoms with Crippen LogP contribution in [0.5, 0.6) is 5.75 Å². The number of rotatable bonds is 4. The van der Waals surface area contributed by atoms with E-state index in [0.717, 1.165) is 16.8 Å². The molecule has 2 aromatic rings. The molecule has 0 saturated heterocycles. The molecule has 0 heterocycles. The number of benzene rings is 2. The van der Waals surface area contributed by atoms with Gasteiger partial charge in [0.15, 0.2) is 0 Å². The predicted molar refractivity (Wildman–Crippen MR) is 88.8 cm³/mol. The molecule has 0 bridgehead atoms. The standard InChI is InChI=1S/C16H17N3O.Na.H/c1-19(2)18-17-15-9-5-13(6-10-15)3-4-14-7-11-16(20)12-8-14;;/h3-12,20H,1-2H3;;/b4-3-,18-17-;;. The summed E-state index contributed by atoms with van der Waals surface area (Å²) in [5.74, 6) is 0.276. The monoisotopic (exact) mass is 291 g/mol. The summed E-state index contributed by atoms with van der Waals surface area (Å²) >= 11 is 0. The van der Waals surface area contributed by atoms with E-state index in [1.807, 2.05) is 62.6 Å². The van der Waals surface area contributed by atoms with Gasteiger partial charge in [0, 0.05) is 14.1 Å². The zero-order valence-electron chi connectivity index (χ0n) is 11.6. The molecule has 2 rings (SSSR count). The molecule has 0 atom stereocenters. The maximum atomic E-state index is 9.22. The molecule has 0 saturated carbocycles. The molecular weight excluding hydrogens is 273 g/mol. The van der Waals surface area contributed by atoms with Gasteiger partial charge in [-0.2, -0.15) is 0 Å². The van der Waals surface area contributed by atoms with E-state index in [9.17, 15) is 5.11 Å². The van der Waals surface area contributed by atoms with Crippen molar-refractivity contribution in [2.24, 2.45) is 10.3 Å². The molecule has 5 heteroatoms.